The van der Waals surface area contributed by atoms with E-state index in [4.69, 9.17) is 5.73 Å². The van der Waals surface area contributed by atoms with Crippen LogP contribution in [0.25, 0.3) is 0 Å². The summed E-state index contributed by atoms with van der Waals surface area (Å²) in [6.45, 7) is 9.09. The largest absolute Gasteiger partial charge is 0.398 e. The fraction of sp³-hybridized carbons (Fsp3) is 0.538. The van der Waals surface area contributed by atoms with E-state index in [0.717, 1.165) is 5.56 Å². The molecule has 0 aliphatic heterocycles. The highest BCUT2D eigenvalue weighted by Gasteiger charge is 2.18. The van der Waals surface area contributed by atoms with Gasteiger partial charge in [-0.15, -0.1) is 0 Å². The van der Waals surface area contributed by atoms with Crippen molar-refractivity contribution in [1.82, 2.24) is 9.88 Å². The molecule has 0 fully saturated rings. The van der Waals surface area contributed by atoms with Gasteiger partial charge in [-0.25, -0.2) is 4.98 Å². The lowest BCUT2D eigenvalue weighted by atomic mass is 10.2. The number of rotatable bonds is 5. The fourth-order valence-electron chi connectivity index (χ4n) is 1.71. The van der Waals surface area contributed by atoms with Crippen molar-refractivity contribution in [2.24, 2.45) is 0 Å². The minimum Gasteiger partial charge on any atom is -0.398 e. The summed E-state index contributed by atoms with van der Waals surface area (Å²) in [5, 5.41) is 3.08. The molecule has 3 N–H and O–H groups in total. The molecule has 5 nitrogen and oxygen atoms in total. The number of nitrogen functional groups attached to an aromatic ring is 1. The second-order valence-corrected chi connectivity index (χ2v) is 4.30. The topological polar surface area (TPSA) is 71.2 Å². The summed E-state index contributed by atoms with van der Waals surface area (Å²) in [4.78, 5) is 18.1. The maximum Gasteiger partial charge on any atom is 0.244 e. The average Bonchev–Trinajstić information content (AvgIpc) is 2.35. The molecule has 0 radical (unpaired) electrons. The van der Waals surface area contributed by atoms with Crippen molar-refractivity contribution in [2.75, 3.05) is 24.1 Å². The number of nitrogens with zero attached hydrogens (tertiary/aromatic N) is 2. The lowest BCUT2D eigenvalue weighted by molar-refractivity contribution is -0.131. The Kier molecular flexibility index (Phi) is 4.95. The summed E-state index contributed by atoms with van der Waals surface area (Å²) >= 11 is 0. The number of aromatic nitrogens is 1. The molecule has 1 aromatic rings. The lowest BCUT2D eigenvalue weighted by Crippen LogP contribution is -2.41. The molecular formula is C13H22N4O. The molecule has 0 aromatic carbocycles. The second kappa shape index (κ2) is 6.23. The lowest BCUT2D eigenvalue weighted by Gasteiger charge is -2.23. The Morgan fingerprint density at radius 3 is 2.61 bits per heavy atom. The standard InChI is InChI=1S/C13H22N4O/c1-5-17(6-2)13(18)10(4)16-12-7-11(14)9(3)8-15-12/h7-8,10H,5-6H2,1-4H3,(H3,14,15,16). The molecule has 0 bridgehead atoms. The van der Waals surface area contributed by atoms with Gasteiger partial charge in [-0.3, -0.25) is 4.79 Å². The summed E-state index contributed by atoms with van der Waals surface area (Å²) in [6.07, 6.45) is 1.70. The normalized spacial score (nSPS) is 12.0. The smallest absolute Gasteiger partial charge is 0.244 e. The van der Waals surface area contributed by atoms with E-state index in [1.807, 2.05) is 27.7 Å². The molecule has 1 aromatic heterocycles. The first-order valence-corrected chi connectivity index (χ1v) is 6.27. The van der Waals surface area contributed by atoms with E-state index >= 15 is 0 Å². The number of aryl methyl sites for hydroxylation is 1. The van der Waals surface area contributed by atoms with Gasteiger partial charge in [0.1, 0.15) is 11.9 Å². The monoisotopic (exact) mass is 250 g/mol. The van der Waals surface area contributed by atoms with Crippen LogP contribution in [0.15, 0.2) is 12.3 Å². The van der Waals surface area contributed by atoms with Gasteiger partial charge < -0.3 is 16.0 Å². The van der Waals surface area contributed by atoms with Gasteiger partial charge in [0.15, 0.2) is 0 Å². The molecule has 0 saturated heterocycles. The average molecular weight is 250 g/mol. The number of nitrogens with one attached hydrogen (secondary N) is 1. The highest BCUT2D eigenvalue weighted by atomic mass is 16.2. The molecule has 0 saturated carbocycles. The number of carbonyl (C=O) groups excluding carboxylic acids is 1. The molecule has 1 amide bonds. The van der Waals surface area contributed by atoms with Crippen LogP contribution in [0.4, 0.5) is 11.5 Å². The molecule has 1 heterocycles. The van der Waals surface area contributed by atoms with Crippen molar-refractivity contribution in [3.8, 4) is 0 Å². The van der Waals surface area contributed by atoms with Gasteiger partial charge in [0, 0.05) is 31.0 Å². The van der Waals surface area contributed by atoms with Crippen LogP contribution in [0, 0.1) is 6.92 Å². The van der Waals surface area contributed by atoms with Crippen LogP contribution in [0.1, 0.15) is 26.3 Å². The third-order valence-electron chi connectivity index (χ3n) is 2.95. The van der Waals surface area contributed by atoms with Crippen LogP contribution in [-0.2, 0) is 4.79 Å². The summed E-state index contributed by atoms with van der Waals surface area (Å²) in [5.41, 5.74) is 7.42. The first kappa shape index (κ1) is 14.3. The Hall–Kier alpha value is -1.78. The number of pyridine rings is 1. The van der Waals surface area contributed by atoms with E-state index < -0.39 is 0 Å². The summed E-state index contributed by atoms with van der Waals surface area (Å²) in [5.74, 6) is 0.701. The molecule has 0 aliphatic rings. The Balaban J connectivity index is 2.71. The predicted molar refractivity (Wildman–Crippen MR) is 74.4 cm³/mol. The van der Waals surface area contributed by atoms with Crippen molar-refractivity contribution >= 4 is 17.4 Å². The third-order valence-corrected chi connectivity index (χ3v) is 2.95. The predicted octanol–water partition coefficient (Wildman–Crippen LogP) is 1.64. The third kappa shape index (κ3) is 3.35. The van der Waals surface area contributed by atoms with Crippen molar-refractivity contribution in [3.05, 3.63) is 17.8 Å². The van der Waals surface area contributed by atoms with E-state index in [1.165, 1.54) is 0 Å². The number of anilines is 2. The van der Waals surface area contributed by atoms with Crippen LogP contribution in [0.2, 0.25) is 0 Å². The van der Waals surface area contributed by atoms with Crippen LogP contribution in [0.3, 0.4) is 0 Å². The van der Waals surface area contributed by atoms with E-state index in [9.17, 15) is 4.79 Å². The second-order valence-electron chi connectivity index (χ2n) is 4.30. The number of nitrogens with two attached hydrogens (primary N) is 1. The molecule has 5 heteroatoms. The Morgan fingerprint density at radius 1 is 1.50 bits per heavy atom. The molecule has 0 spiro atoms. The van der Waals surface area contributed by atoms with Crippen molar-refractivity contribution in [1.29, 1.82) is 0 Å². The van der Waals surface area contributed by atoms with E-state index in [2.05, 4.69) is 10.3 Å². The number of carbonyl (C=O) groups is 1. The fourth-order valence-corrected chi connectivity index (χ4v) is 1.71. The Morgan fingerprint density at radius 2 is 2.11 bits per heavy atom. The van der Waals surface area contributed by atoms with Gasteiger partial charge in [-0.1, -0.05) is 0 Å². The van der Waals surface area contributed by atoms with E-state index in [-0.39, 0.29) is 11.9 Å². The number of hydrogen-bond acceptors (Lipinski definition) is 4. The van der Waals surface area contributed by atoms with Gasteiger partial charge in [0.25, 0.3) is 0 Å². The maximum atomic E-state index is 12.1. The Labute approximate surface area is 108 Å². The highest BCUT2D eigenvalue weighted by molar-refractivity contribution is 5.84. The maximum absolute atomic E-state index is 12.1. The quantitative estimate of drug-likeness (QED) is 0.833. The minimum absolute atomic E-state index is 0.0703. The molecule has 18 heavy (non-hydrogen) atoms. The number of hydrogen-bond donors (Lipinski definition) is 2. The Bertz CT molecular complexity index is 415. The zero-order chi connectivity index (χ0) is 13.7. The zero-order valence-corrected chi connectivity index (χ0v) is 11.5. The summed E-state index contributed by atoms with van der Waals surface area (Å²) in [7, 11) is 0. The van der Waals surface area contributed by atoms with Crippen LogP contribution >= 0.6 is 0 Å². The van der Waals surface area contributed by atoms with Crippen LogP contribution in [0.5, 0.6) is 0 Å². The first-order chi connectivity index (χ1) is 8.49. The molecule has 1 rings (SSSR count). The van der Waals surface area contributed by atoms with Crippen LogP contribution in [-0.4, -0.2) is 34.9 Å². The number of likely N-dealkylation sites (N-methyl/N-ethyl adjacent to an activating group) is 1. The van der Waals surface area contributed by atoms with Gasteiger partial charge in [-0.05, 0) is 33.3 Å². The van der Waals surface area contributed by atoms with Gasteiger partial charge >= 0.3 is 0 Å². The van der Waals surface area contributed by atoms with Gasteiger partial charge in [0.2, 0.25) is 5.91 Å². The highest BCUT2D eigenvalue weighted by Crippen LogP contribution is 2.14. The van der Waals surface area contributed by atoms with Gasteiger partial charge in [0.05, 0.1) is 0 Å². The minimum atomic E-state index is -0.306. The molecule has 1 atom stereocenters. The summed E-state index contributed by atoms with van der Waals surface area (Å²) < 4.78 is 0. The molecule has 1 unspecified atom stereocenters. The van der Waals surface area contributed by atoms with E-state index in [1.54, 1.807) is 17.2 Å². The van der Waals surface area contributed by atoms with Crippen molar-refractivity contribution in [2.45, 2.75) is 33.7 Å². The molecule has 100 valence electrons. The molecule has 0 aliphatic carbocycles. The van der Waals surface area contributed by atoms with E-state index in [0.29, 0.717) is 24.6 Å². The van der Waals surface area contributed by atoms with Crippen molar-refractivity contribution in [3.63, 3.8) is 0 Å². The van der Waals surface area contributed by atoms with Crippen molar-refractivity contribution < 1.29 is 4.79 Å². The number of amides is 1. The SMILES string of the molecule is CCN(CC)C(=O)C(C)Nc1cc(N)c(C)cn1. The zero-order valence-electron chi connectivity index (χ0n) is 11.5. The summed E-state index contributed by atoms with van der Waals surface area (Å²) in [6, 6.07) is 1.45. The molecular weight excluding hydrogens is 228 g/mol. The van der Waals surface area contributed by atoms with Gasteiger partial charge in [-0.2, -0.15) is 0 Å². The first-order valence-electron chi connectivity index (χ1n) is 6.27. The van der Waals surface area contributed by atoms with Crippen LogP contribution < -0.4 is 11.1 Å².